The predicted molar refractivity (Wildman–Crippen MR) is 161 cm³/mol. The zero-order chi connectivity index (χ0) is 29.2. The second kappa shape index (κ2) is 10.3. The van der Waals surface area contributed by atoms with E-state index in [0.29, 0.717) is 12.8 Å². The summed E-state index contributed by atoms with van der Waals surface area (Å²) >= 11 is 2.94. The molecule has 8 heteroatoms. The number of hydrogen-bond acceptors (Lipinski definition) is 8. The van der Waals surface area contributed by atoms with Crippen LogP contribution in [0, 0.1) is 28.6 Å². The zero-order valence-corrected chi connectivity index (χ0v) is 25.8. The number of carbonyl (C=O) groups excluding carboxylic acids is 2. The van der Waals surface area contributed by atoms with Gasteiger partial charge in [-0.15, -0.1) is 11.3 Å². The highest BCUT2D eigenvalue weighted by atomic mass is 32.2. The lowest BCUT2D eigenvalue weighted by molar-refractivity contribution is -0.276. The maximum absolute atomic E-state index is 14.3. The van der Waals surface area contributed by atoms with Gasteiger partial charge in [-0.05, 0) is 69.9 Å². The van der Waals surface area contributed by atoms with Crippen LogP contribution in [0.15, 0.2) is 63.9 Å². The molecule has 0 amide bonds. The van der Waals surface area contributed by atoms with Gasteiger partial charge in [0.1, 0.15) is 5.60 Å². The number of rotatable bonds is 7. The van der Waals surface area contributed by atoms with Crippen molar-refractivity contribution in [3.8, 4) is 11.3 Å². The maximum atomic E-state index is 14.3. The van der Waals surface area contributed by atoms with E-state index in [9.17, 15) is 19.8 Å². The van der Waals surface area contributed by atoms with E-state index in [1.54, 1.807) is 26.0 Å². The number of aliphatic hydroxyl groups is 2. The topological polar surface area (TPSA) is 96.7 Å². The number of carbonyl (C=O) groups is 2. The first kappa shape index (κ1) is 29.0. The Morgan fingerprint density at radius 3 is 2.71 bits per heavy atom. The van der Waals surface area contributed by atoms with E-state index in [0.717, 1.165) is 40.4 Å². The van der Waals surface area contributed by atoms with Gasteiger partial charge >= 0.3 is 0 Å². The number of aliphatic hydroxyl groups excluding tert-OH is 1. The molecule has 218 valence electrons. The number of nitrogens with zero attached hydrogens (tertiary/aromatic N) is 1. The quantitative estimate of drug-likeness (QED) is 0.290. The number of thiazole rings is 1. The van der Waals surface area contributed by atoms with E-state index >= 15 is 0 Å². The van der Waals surface area contributed by atoms with Crippen molar-refractivity contribution >= 4 is 34.7 Å². The first-order valence-corrected chi connectivity index (χ1v) is 16.4. The molecular formula is C33H39NO5S2. The SMILES string of the molecule is CC(C)(O)O[C@]1(C(=O)CSc2nc(-c3ccccc3)cs2)CCC2C3CCC4=CC(=O)C=CC4(C)C3[C@@H](O)CC21C. The van der Waals surface area contributed by atoms with Gasteiger partial charge in [0.05, 0.1) is 17.6 Å². The third-order valence-electron chi connectivity index (χ3n) is 10.4. The maximum Gasteiger partial charge on any atom is 0.178 e. The lowest BCUT2D eigenvalue weighted by atomic mass is 9.46. The van der Waals surface area contributed by atoms with E-state index in [-0.39, 0.29) is 40.5 Å². The van der Waals surface area contributed by atoms with E-state index in [1.807, 2.05) is 41.8 Å². The summed E-state index contributed by atoms with van der Waals surface area (Å²) in [4.78, 5) is 31.2. The Morgan fingerprint density at radius 1 is 1.22 bits per heavy atom. The second-order valence-corrected chi connectivity index (χ2v) is 15.3. The van der Waals surface area contributed by atoms with Gasteiger partial charge in [-0.1, -0.05) is 67.6 Å². The summed E-state index contributed by atoms with van der Waals surface area (Å²) in [7, 11) is 0. The molecule has 41 heavy (non-hydrogen) atoms. The highest BCUT2D eigenvalue weighted by Crippen LogP contribution is 2.68. The Morgan fingerprint density at radius 2 is 1.98 bits per heavy atom. The average molecular weight is 594 g/mol. The van der Waals surface area contributed by atoms with Crippen LogP contribution in [-0.2, 0) is 14.3 Å². The summed E-state index contributed by atoms with van der Waals surface area (Å²) in [6.07, 6.45) is 8.13. The van der Waals surface area contributed by atoms with Crippen LogP contribution in [0.5, 0.6) is 0 Å². The van der Waals surface area contributed by atoms with Crippen molar-refractivity contribution in [2.24, 2.45) is 28.6 Å². The third kappa shape index (κ3) is 4.80. The van der Waals surface area contributed by atoms with Crippen LogP contribution in [0.1, 0.15) is 59.8 Å². The number of ether oxygens (including phenoxy) is 1. The minimum Gasteiger partial charge on any atom is -0.393 e. The van der Waals surface area contributed by atoms with Gasteiger partial charge in [-0.2, -0.15) is 0 Å². The zero-order valence-electron chi connectivity index (χ0n) is 24.1. The summed E-state index contributed by atoms with van der Waals surface area (Å²) in [5.74, 6) is -1.06. The average Bonchev–Trinajstić information content (AvgIpc) is 3.50. The number of fused-ring (bicyclic) bond motifs is 5. The van der Waals surface area contributed by atoms with Crippen LogP contribution in [0.4, 0.5) is 0 Å². The molecule has 6 nitrogen and oxygen atoms in total. The molecule has 3 fully saturated rings. The van der Waals surface area contributed by atoms with E-state index in [4.69, 9.17) is 9.72 Å². The molecule has 0 saturated heterocycles. The molecule has 7 atom stereocenters. The van der Waals surface area contributed by atoms with Crippen molar-refractivity contribution in [2.45, 2.75) is 81.6 Å². The predicted octanol–water partition coefficient (Wildman–Crippen LogP) is 6.23. The highest BCUT2D eigenvalue weighted by Gasteiger charge is 2.69. The summed E-state index contributed by atoms with van der Waals surface area (Å²) in [6.45, 7) is 7.43. The van der Waals surface area contributed by atoms with Gasteiger partial charge in [0.25, 0.3) is 0 Å². The summed E-state index contributed by atoms with van der Waals surface area (Å²) < 4.78 is 7.27. The molecule has 4 aliphatic carbocycles. The minimum atomic E-state index is -1.51. The highest BCUT2D eigenvalue weighted by molar-refractivity contribution is 8.01. The molecule has 1 aromatic carbocycles. The lowest BCUT2D eigenvalue weighted by Gasteiger charge is -2.60. The van der Waals surface area contributed by atoms with Crippen LogP contribution in [0.2, 0.25) is 0 Å². The largest absolute Gasteiger partial charge is 0.393 e. The number of benzene rings is 1. The number of allylic oxidation sites excluding steroid dienone is 4. The molecule has 2 N–H and O–H groups in total. The number of thioether (sulfide) groups is 1. The summed E-state index contributed by atoms with van der Waals surface area (Å²) in [6, 6.07) is 9.98. The Kier molecular flexibility index (Phi) is 7.26. The number of ketones is 2. The van der Waals surface area contributed by atoms with Crippen molar-refractivity contribution < 1.29 is 24.5 Å². The standard InChI is InChI=1S/C33H39NO5S2/c1-30(2,38)39-33(27(37)19-41-29-34-25(18-40-29)20-8-6-5-7-9-20)15-13-24-23-11-10-21-16-22(35)12-14-31(21,3)28(23)26(36)17-32(24,33)4/h5-9,12,14,16,18,23-24,26,28,36,38H,10-11,13,15,17,19H2,1-4H3/t23?,24?,26-,28?,31?,32?,33-/m0/s1. The van der Waals surface area contributed by atoms with Gasteiger partial charge in [0.2, 0.25) is 0 Å². The molecular weight excluding hydrogens is 554 g/mol. The fourth-order valence-electron chi connectivity index (χ4n) is 8.73. The fourth-order valence-corrected chi connectivity index (χ4v) is 10.5. The lowest BCUT2D eigenvalue weighted by Crippen LogP contribution is -2.63. The molecule has 5 unspecified atom stereocenters. The first-order valence-electron chi connectivity index (χ1n) is 14.6. The van der Waals surface area contributed by atoms with Crippen molar-refractivity contribution in [2.75, 3.05) is 5.75 Å². The van der Waals surface area contributed by atoms with Crippen LogP contribution >= 0.6 is 23.1 Å². The smallest absolute Gasteiger partial charge is 0.178 e. The van der Waals surface area contributed by atoms with E-state index in [1.165, 1.54) is 23.1 Å². The molecule has 0 radical (unpaired) electrons. The summed E-state index contributed by atoms with van der Waals surface area (Å²) in [5.41, 5.74) is 0.800. The van der Waals surface area contributed by atoms with Crippen molar-refractivity contribution in [1.29, 1.82) is 0 Å². The van der Waals surface area contributed by atoms with Crippen molar-refractivity contribution in [1.82, 2.24) is 4.98 Å². The number of Topliss-reactive ketones (excluding diaryl/α,β-unsaturated/α-hetero) is 1. The van der Waals surface area contributed by atoms with Crippen LogP contribution in [0.3, 0.4) is 0 Å². The van der Waals surface area contributed by atoms with Gasteiger partial charge in [0.15, 0.2) is 21.7 Å². The first-order chi connectivity index (χ1) is 19.4. The van der Waals surface area contributed by atoms with Crippen molar-refractivity contribution in [3.05, 3.63) is 59.5 Å². The molecule has 4 aliphatic rings. The minimum absolute atomic E-state index is 0.0174. The van der Waals surface area contributed by atoms with E-state index in [2.05, 4.69) is 13.8 Å². The summed E-state index contributed by atoms with van der Waals surface area (Å²) in [5, 5.41) is 24.8. The van der Waals surface area contributed by atoms with Gasteiger partial charge in [0, 0.05) is 27.7 Å². The van der Waals surface area contributed by atoms with Crippen LogP contribution < -0.4 is 0 Å². The fraction of sp³-hybridized carbons (Fsp3) is 0.545. The number of aromatic nitrogens is 1. The Balaban J connectivity index is 1.28. The molecule has 3 saturated carbocycles. The molecule has 1 aromatic heterocycles. The second-order valence-electron chi connectivity index (χ2n) is 13.2. The molecule has 1 heterocycles. The Hall–Kier alpha value is -2.10. The van der Waals surface area contributed by atoms with E-state index < -0.39 is 22.9 Å². The van der Waals surface area contributed by atoms with Crippen LogP contribution in [-0.4, -0.2) is 50.0 Å². The molecule has 0 bridgehead atoms. The monoisotopic (exact) mass is 593 g/mol. The molecule has 6 rings (SSSR count). The molecule has 2 aromatic rings. The van der Waals surface area contributed by atoms with Crippen molar-refractivity contribution in [3.63, 3.8) is 0 Å². The molecule has 0 aliphatic heterocycles. The van der Waals surface area contributed by atoms with Gasteiger partial charge in [-0.3, -0.25) is 9.59 Å². The van der Waals surface area contributed by atoms with Gasteiger partial charge < -0.3 is 14.9 Å². The van der Waals surface area contributed by atoms with Gasteiger partial charge in [-0.25, -0.2) is 4.98 Å². The Bertz CT molecular complexity index is 1410. The Labute approximate surface area is 250 Å². The molecule has 0 spiro atoms. The van der Waals surface area contributed by atoms with Crippen LogP contribution in [0.25, 0.3) is 11.3 Å². The third-order valence-corrected chi connectivity index (χ3v) is 12.4. The number of hydrogen-bond donors (Lipinski definition) is 2. The normalized spacial score (nSPS) is 36.3.